The Kier molecular flexibility index (Phi) is 2.06. The lowest BCUT2D eigenvalue weighted by molar-refractivity contribution is -0.274. The third-order valence-electron chi connectivity index (χ3n) is 1.70. The number of nitrogens with zero attached hydrogens (tertiary/aromatic N) is 1. The lowest BCUT2D eigenvalue weighted by atomic mass is 10.3. The molecule has 0 aliphatic carbocycles. The second kappa shape index (κ2) is 3.15. The van der Waals surface area contributed by atoms with E-state index in [2.05, 4.69) is 9.72 Å². The molecule has 0 saturated heterocycles. The Morgan fingerprint density at radius 1 is 1.33 bits per heavy atom. The number of alkyl halides is 3. The van der Waals surface area contributed by atoms with Gasteiger partial charge in [0.2, 0.25) is 0 Å². The first-order valence-corrected chi connectivity index (χ1v) is 4.07. The molecular formula is C9H6F3NO2. The predicted molar refractivity (Wildman–Crippen MR) is 45.4 cm³/mol. The number of aromatic nitrogens is 1. The highest BCUT2D eigenvalue weighted by Gasteiger charge is 2.31. The third-order valence-corrected chi connectivity index (χ3v) is 1.70. The van der Waals surface area contributed by atoms with Gasteiger partial charge in [0.05, 0.1) is 0 Å². The van der Waals surface area contributed by atoms with Crippen LogP contribution < -0.4 is 4.74 Å². The van der Waals surface area contributed by atoms with Crippen molar-refractivity contribution < 1.29 is 22.3 Å². The summed E-state index contributed by atoms with van der Waals surface area (Å²) in [4.78, 5) is 3.95. The van der Waals surface area contributed by atoms with Crippen molar-refractivity contribution in [1.29, 1.82) is 0 Å². The molecule has 1 heterocycles. The summed E-state index contributed by atoms with van der Waals surface area (Å²) in [5.41, 5.74) is 0.774. The minimum atomic E-state index is -4.69. The average molecular weight is 217 g/mol. The number of fused-ring (bicyclic) bond motifs is 1. The van der Waals surface area contributed by atoms with Crippen molar-refractivity contribution in [2.45, 2.75) is 13.3 Å². The van der Waals surface area contributed by atoms with Gasteiger partial charge in [0.15, 0.2) is 11.5 Å². The molecule has 0 radical (unpaired) electrons. The van der Waals surface area contributed by atoms with Crippen LogP contribution in [-0.4, -0.2) is 11.3 Å². The van der Waals surface area contributed by atoms with Crippen LogP contribution in [0.1, 0.15) is 5.89 Å². The molecule has 0 unspecified atom stereocenters. The summed E-state index contributed by atoms with van der Waals surface area (Å²) in [6, 6.07) is 3.76. The Morgan fingerprint density at radius 2 is 2.07 bits per heavy atom. The van der Waals surface area contributed by atoms with Gasteiger partial charge >= 0.3 is 6.36 Å². The van der Waals surface area contributed by atoms with Crippen molar-refractivity contribution >= 4 is 11.1 Å². The molecule has 2 rings (SSSR count). The van der Waals surface area contributed by atoms with Gasteiger partial charge in [-0.05, 0) is 12.1 Å². The number of hydrogen-bond acceptors (Lipinski definition) is 3. The van der Waals surface area contributed by atoms with Crippen LogP contribution in [0, 0.1) is 6.92 Å². The Labute approximate surface area is 82.5 Å². The van der Waals surface area contributed by atoms with Crippen LogP contribution >= 0.6 is 0 Å². The van der Waals surface area contributed by atoms with Gasteiger partial charge < -0.3 is 9.15 Å². The number of rotatable bonds is 1. The normalized spacial score (nSPS) is 12.0. The van der Waals surface area contributed by atoms with Crippen molar-refractivity contribution in [2.24, 2.45) is 0 Å². The van der Waals surface area contributed by atoms with Gasteiger partial charge in [-0.2, -0.15) is 0 Å². The molecule has 0 aliphatic rings. The number of aryl methyl sites for hydroxylation is 1. The predicted octanol–water partition coefficient (Wildman–Crippen LogP) is 3.03. The molecule has 0 N–H and O–H groups in total. The van der Waals surface area contributed by atoms with Gasteiger partial charge in [-0.25, -0.2) is 4.98 Å². The van der Waals surface area contributed by atoms with Gasteiger partial charge in [-0.15, -0.1) is 13.2 Å². The molecule has 1 aromatic heterocycles. The van der Waals surface area contributed by atoms with E-state index in [9.17, 15) is 13.2 Å². The summed E-state index contributed by atoms with van der Waals surface area (Å²) in [6.45, 7) is 1.62. The van der Waals surface area contributed by atoms with Crippen LogP contribution in [0.3, 0.4) is 0 Å². The molecule has 0 bridgehead atoms. The van der Waals surface area contributed by atoms with E-state index in [1.165, 1.54) is 12.1 Å². The van der Waals surface area contributed by atoms with E-state index in [0.717, 1.165) is 6.07 Å². The van der Waals surface area contributed by atoms with E-state index in [1.807, 2.05) is 0 Å². The van der Waals surface area contributed by atoms with E-state index in [-0.39, 0.29) is 11.3 Å². The van der Waals surface area contributed by atoms with E-state index in [1.54, 1.807) is 6.92 Å². The lowest BCUT2D eigenvalue weighted by Crippen LogP contribution is -2.16. The fourth-order valence-electron chi connectivity index (χ4n) is 1.22. The Balaban J connectivity index is 2.38. The molecule has 80 valence electrons. The van der Waals surface area contributed by atoms with Crippen molar-refractivity contribution in [1.82, 2.24) is 4.98 Å². The molecule has 0 spiro atoms. The molecular weight excluding hydrogens is 211 g/mol. The highest BCUT2D eigenvalue weighted by Crippen LogP contribution is 2.26. The quantitative estimate of drug-likeness (QED) is 0.736. The molecule has 0 atom stereocenters. The molecule has 6 heteroatoms. The number of benzene rings is 1. The lowest BCUT2D eigenvalue weighted by Gasteiger charge is -2.07. The maximum absolute atomic E-state index is 11.9. The average Bonchev–Trinajstić information content (AvgIpc) is 2.40. The second-order valence-electron chi connectivity index (χ2n) is 2.91. The molecule has 1 aromatic carbocycles. The Morgan fingerprint density at radius 3 is 2.73 bits per heavy atom. The highest BCUT2D eigenvalue weighted by molar-refractivity contribution is 5.74. The Bertz CT molecular complexity index is 490. The van der Waals surface area contributed by atoms with Crippen molar-refractivity contribution in [3.63, 3.8) is 0 Å². The van der Waals surface area contributed by atoms with Gasteiger partial charge in [-0.3, -0.25) is 0 Å². The smallest absolute Gasteiger partial charge is 0.441 e. The summed E-state index contributed by atoms with van der Waals surface area (Å²) in [5.74, 6) is 0.0836. The molecule has 3 nitrogen and oxygen atoms in total. The van der Waals surface area contributed by atoms with Crippen LogP contribution in [0.2, 0.25) is 0 Å². The van der Waals surface area contributed by atoms with E-state index < -0.39 is 6.36 Å². The number of oxazole rings is 1. The summed E-state index contributed by atoms with van der Waals surface area (Å²) in [5, 5.41) is 0. The van der Waals surface area contributed by atoms with Crippen LogP contribution in [0.4, 0.5) is 13.2 Å². The molecule has 15 heavy (non-hydrogen) atoms. The van der Waals surface area contributed by atoms with E-state index in [4.69, 9.17) is 4.42 Å². The molecule has 0 fully saturated rings. The van der Waals surface area contributed by atoms with Crippen LogP contribution in [0.15, 0.2) is 22.6 Å². The molecule has 0 aliphatic heterocycles. The highest BCUT2D eigenvalue weighted by atomic mass is 19.4. The largest absolute Gasteiger partial charge is 0.573 e. The third kappa shape index (κ3) is 2.20. The van der Waals surface area contributed by atoms with Gasteiger partial charge in [0.1, 0.15) is 11.3 Å². The van der Waals surface area contributed by atoms with Gasteiger partial charge in [0, 0.05) is 13.0 Å². The molecule has 0 saturated carbocycles. The van der Waals surface area contributed by atoms with E-state index in [0.29, 0.717) is 11.4 Å². The fraction of sp³-hybridized carbons (Fsp3) is 0.222. The van der Waals surface area contributed by atoms with Crippen LogP contribution in [-0.2, 0) is 0 Å². The van der Waals surface area contributed by atoms with Crippen LogP contribution in [0.25, 0.3) is 11.1 Å². The minimum Gasteiger partial charge on any atom is -0.441 e. The zero-order valence-electron chi connectivity index (χ0n) is 7.63. The SMILES string of the molecule is Cc1nc2ccc(OC(F)(F)F)cc2o1. The Hall–Kier alpha value is -1.72. The van der Waals surface area contributed by atoms with Crippen molar-refractivity contribution in [3.8, 4) is 5.75 Å². The fourth-order valence-corrected chi connectivity index (χ4v) is 1.22. The first-order valence-electron chi connectivity index (χ1n) is 4.07. The van der Waals surface area contributed by atoms with Gasteiger partial charge in [0.25, 0.3) is 0 Å². The zero-order chi connectivity index (χ0) is 11.1. The van der Waals surface area contributed by atoms with E-state index >= 15 is 0 Å². The standard InChI is InChI=1S/C9H6F3NO2/c1-5-13-7-3-2-6(4-8(7)14-5)15-9(10,11)12/h2-4H,1H3. The van der Waals surface area contributed by atoms with Gasteiger partial charge in [-0.1, -0.05) is 0 Å². The topological polar surface area (TPSA) is 35.3 Å². The zero-order valence-corrected chi connectivity index (χ0v) is 7.63. The minimum absolute atomic E-state index is 0.272. The summed E-state index contributed by atoms with van der Waals surface area (Å²) >= 11 is 0. The second-order valence-corrected chi connectivity index (χ2v) is 2.91. The van der Waals surface area contributed by atoms with Crippen molar-refractivity contribution in [2.75, 3.05) is 0 Å². The maximum atomic E-state index is 11.9. The summed E-state index contributed by atoms with van der Waals surface area (Å²) < 4.78 is 44.4. The summed E-state index contributed by atoms with van der Waals surface area (Å²) in [7, 11) is 0. The molecule has 0 amide bonds. The van der Waals surface area contributed by atoms with Crippen LogP contribution in [0.5, 0.6) is 5.75 Å². The number of hydrogen-bond donors (Lipinski definition) is 0. The first-order chi connectivity index (χ1) is 6.94. The number of halogens is 3. The maximum Gasteiger partial charge on any atom is 0.573 e. The molecule has 2 aromatic rings. The number of ether oxygens (including phenoxy) is 1. The monoisotopic (exact) mass is 217 g/mol. The van der Waals surface area contributed by atoms with Crippen molar-refractivity contribution in [3.05, 3.63) is 24.1 Å². The first kappa shape index (κ1) is 9.82. The summed E-state index contributed by atoms with van der Waals surface area (Å²) in [6.07, 6.45) is -4.69.